The first-order valence-electron chi connectivity index (χ1n) is 7.41. The minimum atomic E-state index is 0.391. The molecule has 1 aromatic rings. The number of rotatable bonds is 4. The van der Waals surface area contributed by atoms with E-state index in [1.165, 1.54) is 44.9 Å². The minimum absolute atomic E-state index is 0.391. The highest BCUT2D eigenvalue weighted by Crippen LogP contribution is 2.31. The molecule has 100 valence electrons. The smallest absolute Gasteiger partial charge is 0.0758 e. The van der Waals surface area contributed by atoms with Gasteiger partial charge < -0.3 is 5.32 Å². The molecule has 1 fully saturated rings. The fraction of sp³-hybridized carbons (Fsp3) is 0.733. The topological polar surface area (TPSA) is 37.8 Å². The van der Waals surface area contributed by atoms with Gasteiger partial charge in [-0.25, -0.2) is 0 Å². The second-order valence-corrected chi connectivity index (χ2v) is 5.27. The molecule has 3 heteroatoms. The maximum absolute atomic E-state index is 4.50. The highest BCUT2D eigenvalue weighted by molar-refractivity contribution is 5.04. The van der Waals surface area contributed by atoms with Crippen molar-refractivity contribution in [1.29, 1.82) is 0 Å². The van der Waals surface area contributed by atoms with Crippen molar-refractivity contribution in [2.24, 2.45) is 5.92 Å². The number of hydrogen-bond acceptors (Lipinski definition) is 3. The first-order valence-corrected chi connectivity index (χ1v) is 7.41. The first-order chi connectivity index (χ1) is 8.92. The third kappa shape index (κ3) is 3.77. The molecule has 1 aliphatic rings. The van der Waals surface area contributed by atoms with Crippen LogP contribution in [0.1, 0.15) is 63.6 Å². The number of nitrogens with zero attached hydrogens (tertiary/aromatic N) is 2. The fourth-order valence-electron chi connectivity index (χ4n) is 3.02. The normalized spacial score (nSPS) is 20.1. The van der Waals surface area contributed by atoms with E-state index in [1.807, 2.05) is 12.4 Å². The maximum atomic E-state index is 4.50. The standard InChI is InChI=1S/C15H25N3/c1-2-17-15(14-12-16-10-11-18-14)13-8-6-4-3-5-7-9-13/h10-13,15,17H,2-9H2,1H3. The number of aromatic nitrogens is 2. The van der Waals surface area contributed by atoms with Gasteiger partial charge in [0.05, 0.1) is 11.7 Å². The summed E-state index contributed by atoms with van der Waals surface area (Å²) in [6, 6.07) is 0.391. The average Bonchev–Trinajstić information content (AvgIpc) is 2.38. The van der Waals surface area contributed by atoms with E-state index < -0.39 is 0 Å². The summed E-state index contributed by atoms with van der Waals surface area (Å²) >= 11 is 0. The molecule has 0 aromatic carbocycles. The molecular formula is C15H25N3. The lowest BCUT2D eigenvalue weighted by Gasteiger charge is -2.28. The summed E-state index contributed by atoms with van der Waals surface area (Å²) < 4.78 is 0. The highest BCUT2D eigenvalue weighted by Gasteiger charge is 2.23. The van der Waals surface area contributed by atoms with E-state index in [0.717, 1.165) is 18.2 Å². The predicted molar refractivity (Wildman–Crippen MR) is 74.3 cm³/mol. The third-order valence-electron chi connectivity index (χ3n) is 3.95. The van der Waals surface area contributed by atoms with Gasteiger partial charge in [0.25, 0.3) is 0 Å². The van der Waals surface area contributed by atoms with E-state index in [1.54, 1.807) is 6.20 Å². The Kier molecular flexibility index (Phi) is 5.59. The second kappa shape index (κ2) is 7.47. The maximum Gasteiger partial charge on any atom is 0.0758 e. The van der Waals surface area contributed by atoms with Crippen molar-refractivity contribution in [3.05, 3.63) is 24.3 Å². The van der Waals surface area contributed by atoms with Gasteiger partial charge >= 0.3 is 0 Å². The van der Waals surface area contributed by atoms with Gasteiger partial charge in [-0.3, -0.25) is 9.97 Å². The average molecular weight is 247 g/mol. The van der Waals surface area contributed by atoms with E-state index in [2.05, 4.69) is 22.2 Å². The van der Waals surface area contributed by atoms with Gasteiger partial charge in [-0.2, -0.15) is 0 Å². The van der Waals surface area contributed by atoms with Crippen LogP contribution in [0.2, 0.25) is 0 Å². The Hall–Kier alpha value is -0.960. The van der Waals surface area contributed by atoms with Crippen molar-refractivity contribution >= 4 is 0 Å². The summed E-state index contributed by atoms with van der Waals surface area (Å²) in [6.45, 7) is 3.17. The van der Waals surface area contributed by atoms with Crippen molar-refractivity contribution in [3.63, 3.8) is 0 Å². The molecule has 1 saturated carbocycles. The summed E-state index contributed by atoms with van der Waals surface area (Å²) in [5, 5.41) is 3.61. The second-order valence-electron chi connectivity index (χ2n) is 5.27. The Bertz CT molecular complexity index is 318. The van der Waals surface area contributed by atoms with E-state index in [9.17, 15) is 0 Å². The summed E-state index contributed by atoms with van der Waals surface area (Å²) in [4.78, 5) is 8.72. The van der Waals surface area contributed by atoms with Crippen LogP contribution in [0.15, 0.2) is 18.6 Å². The molecule has 0 saturated heterocycles. The van der Waals surface area contributed by atoms with Crippen LogP contribution in [0.3, 0.4) is 0 Å². The quantitative estimate of drug-likeness (QED) is 0.885. The van der Waals surface area contributed by atoms with Crippen LogP contribution in [-0.2, 0) is 0 Å². The zero-order valence-electron chi connectivity index (χ0n) is 11.4. The number of hydrogen-bond donors (Lipinski definition) is 1. The van der Waals surface area contributed by atoms with Gasteiger partial charge in [-0.15, -0.1) is 0 Å². The van der Waals surface area contributed by atoms with Crippen molar-refractivity contribution in [3.8, 4) is 0 Å². The SMILES string of the molecule is CCNC(c1cnccn1)C1CCCCCCC1. The Morgan fingerprint density at radius 3 is 2.50 bits per heavy atom. The molecule has 2 rings (SSSR count). The van der Waals surface area contributed by atoms with Gasteiger partial charge in [-0.1, -0.05) is 39.0 Å². The summed E-state index contributed by atoms with van der Waals surface area (Å²) in [6.07, 6.45) is 15.1. The Balaban J connectivity index is 2.07. The monoisotopic (exact) mass is 247 g/mol. The summed E-state index contributed by atoms with van der Waals surface area (Å²) in [5.74, 6) is 0.724. The lowest BCUT2D eigenvalue weighted by atomic mass is 9.84. The van der Waals surface area contributed by atoms with Crippen molar-refractivity contribution < 1.29 is 0 Å². The predicted octanol–water partition coefficient (Wildman–Crippen LogP) is 3.49. The highest BCUT2D eigenvalue weighted by atomic mass is 14.9. The van der Waals surface area contributed by atoms with Gasteiger partial charge in [0.1, 0.15) is 0 Å². The molecule has 1 atom stereocenters. The molecule has 1 unspecified atom stereocenters. The van der Waals surface area contributed by atoms with Gasteiger partial charge in [0.15, 0.2) is 0 Å². The zero-order chi connectivity index (χ0) is 12.6. The minimum Gasteiger partial charge on any atom is -0.309 e. The van der Waals surface area contributed by atoms with Gasteiger partial charge in [0, 0.05) is 18.6 Å². The van der Waals surface area contributed by atoms with E-state index >= 15 is 0 Å². The lowest BCUT2D eigenvalue weighted by Crippen LogP contribution is -2.29. The van der Waals surface area contributed by atoms with Crippen LogP contribution in [0.4, 0.5) is 0 Å². The Labute approximate surface area is 110 Å². The van der Waals surface area contributed by atoms with Crippen LogP contribution < -0.4 is 5.32 Å². The molecule has 0 amide bonds. The van der Waals surface area contributed by atoms with Crippen LogP contribution in [0.5, 0.6) is 0 Å². The lowest BCUT2D eigenvalue weighted by molar-refractivity contribution is 0.287. The van der Waals surface area contributed by atoms with Gasteiger partial charge in [0.2, 0.25) is 0 Å². The van der Waals surface area contributed by atoms with Crippen LogP contribution in [-0.4, -0.2) is 16.5 Å². The van der Waals surface area contributed by atoms with Gasteiger partial charge in [-0.05, 0) is 25.3 Å². The van der Waals surface area contributed by atoms with E-state index in [-0.39, 0.29) is 0 Å². The number of nitrogens with one attached hydrogen (secondary N) is 1. The Morgan fingerprint density at radius 2 is 1.89 bits per heavy atom. The Morgan fingerprint density at radius 1 is 1.17 bits per heavy atom. The van der Waals surface area contributed by atoms with Crippen LogP contribution >= 0.6 is 0 Å². The third-order valence-corrected chi connectivity index (χ3v) is 3.95. The molecule has 18 heavy (non-hydrogen) atoms. The van der Waals surface area contributed by atoms with Crippen molar-refractivity contribution in [2.45, 2.75) is 57.9 Å². The molecule has 0 radical (unpaired) electrons. The molecule has 1 aliphatic carbocycles. The molecule has 1 aromatic heterocycles. The fourth-order valence-corrected chi connectivity index (χ4v) is 3.02. The van der Waals surface area contributed by atoms with E-state index in [4.69, 9.17) is 0 Å². The largest absolute Gasteiger partial charge is 0.309 e. The summed E-state index contributed by atoms with van der Waals surface area (Å²) in [7, 11) is 0. The molecule has 3 nitrogen and oxygen atoms in total. The molecule has 0 aliphatic heterocycles. The van der Waals surface area contributed by atoms with Crippen molar-refractivity contribution in [2.75, 3.05) is 6.54 Å². The van der Waals surface area contributed by atoms with Crippen LogP contribution in [0, 0.1) is 5.92 Å². The molecule has 0 spiro atoms. The first kappa shape index (κ1) is 13.5. The molecule has 1 N–H and O–H groups in total. The van der Waals surface area contributed by atoms with E-state index in [0.29, 0.717) is 6.04 Å². The molecular weight excluding hydrogens is 222 g/mol. The molecule has 0 bridgehead atoms. The molecule has 1 heterocycles. The summed E-state index contributed by atoms with van der Waals surface area (Å²) in [5.41, 5.74) is 1.12. The van der Waals surface area contributed by atoms with Crippen molar-refractivity contribution in [1.82, 2.24) is 15.3 Å². The zero-order valence-corrected chi connectivity index (χ0v) is 11.4. The van der Waals surface area contributed by atoms with Crippen LogP contribution in [0.25, 0.3) is 0 Å².